The van der Waals surface area contributed by atoms with Gasteiger partial charge in [0.25, 0.3) is 0 Å². The van der Waals surface area contributed by atoms with E-state index in [2.05, 4.69) is 55.0 Å². The first-order chi connectivity index (χ1) is 40.3. The van der Waals surface area contributed by atoms with Gasteiger partial charge >= 0.3 is 0 Å². The Hall–Kier alpha value is -8.36. The molecule has 0 saturated heterocycles. The summed E-state index contributed by atoms with van der Waals surface area (Å²) in [5.41, 5.74) is 19.6. The maximum absolute atomic E-state index is 11.8. The van der Waals surface area contributed by atoms with Gasteiger partial charge in [-0.05, 0) is 78.2 Å². The maximum Gasteiger partial charge on any atom is 0.236 e. The molecule has 0 radical (unpaired) electrons. The smallest absolute Gasteiger partial charge is 0.236 e. The summed E-state index contributed by atoms with van der Waals surface area (Å²) >= 11 is 30.0. The van der Waals surface area contributed by atoms with Crippen molar-refractivity contribution in [3.63, 3.8) is 0 Å². The van der Waals surface area contributed by atoms with Crippen LogP contribution in [0.2, 0.25) is 20.1 Å². The molecule has 8 aromatic carbocycles. The van der Waals surface area contributed by atoms with Crippen molar-refractivity contribution in [1.29, 1.82) is 0 Å². The first kappa shape index (κ1) is 57.9. The van der Waals surface area contributed by atoms with E-state index in [0.717, 1.165) is 118 Å². The van der Waals surface area contributed by atoms with Gasteiger partial charge in [0.05, 0.1) is 53.9 Å². The van der Waals surface area contributed by atoms with Crippen molar-refractivity contribution in [3.05, 3.63) is 287 Å². The first-order valence-corrected chi connectivity index (χ1v) is 28.6. The fourth-order valence-corrected chi connectivity index (χ4v) is 10.8. The molecule has 83 heavy (non-hydrogen) atoms. The van der Waals surface area contributed by atoms with Gasteiger partial charge in [0, 0.05) is 95.6 Å². The number of hydrogen-bond acceptors (Lipinski definition) is 10. The lowest BCUT2D eigenvalue weighted by Gasteiger charge is -2.12. The molecule has 0 aliphatic carbocycles. The molecule has 5 heterocycles. The number of halogens is 4. The second-order valence-electron chi connectivity index (χ2n) is 19.6. The highest BCUT2D eigenvalue weighted by Gasteiger charge is 2.24. The number of carbonyl (C=O) groups excluding carboxylic acids is 2. The molecule has 1 aromatic heterocycles. The molecule has 1 amide bonds. The Kier molecular flexibility index (Phi) is 18.9. The molecule has 0 fully saturated rings. The molecular formula is C67H53Cl4N9O2S. The Morgan fingerprint density at radius 2 is 0.880 bits per heavy atom. The predicted molar refractivity (Wildman–Crippen MR) is 342 cm³/mol. The van der Waals surface area contributed by atoms with E-state index in [4.69, 9.17) is 68.6 Å². The minimum absolute atomic E-state index is 0.134. The molecule has 0 bridgehead atoms. The molecule has 0 spiro atoms. The Morgan fingerprint density at radius 1 is 0.482 bits per heavy atom. The van der Waals surface area contributed by atoms with Gasteiger partial charge < -0.3 is 0 Å². The average molecular weight is 1210 g/mol. The minimum Gasteiger partial charge on any atom is -0.297 e. The van der Waals surface area contributed by atoms with Gasteiger partial charge in [-0.3, -0.25) is 34.1 Å². The zero-order valence-corrected chi connectivity index (χ0v) is 49.1. The van der Waals surface area contributed by atoms with Crippen molar-refractivity contribution in [2.75, 3.05) is 19.6 Å². The number of nitrogens with zero attached hydrogens (tertiary/aromatic N) is 8. The molecule has 4 aliphatic heterocycles. The SMILES string of the molecule is CC(=O)N/N=C1/CN=C(c2ccccc2)[13c]2[13cH][13c](Cl)[13cH][13cH][13c]2C1.Cc1nnc2n1-[13c]1[13cH][13cH][13c](Cl)[13cH][13c]1C(c1ccccc1)=NC2.O=C1CN=C(c2ccccc2)[13c]2[13cH][13c](Cl)[13cH][13cH][13c]2C1.S=C1CN=C(c2ccccc2)[13c]2[13cH][13c](Cl)[13cH][13cH][13c]2C1. The van der Waals surface area contributed by atoms with Gasteiger partial charge in [0.1, 0.15) is 12.4 Å². The number of fused-ring (bicyclic) bond motifs is 6. The number of hydrazone groups is 1. The monoisotopic (exact) mass is 1210 g/mol. The standard InChI is InChI=1S/C18H16ClN3O.C17H13ClN4.C16H12ClNO.C16H12ClNS/c1-12(23)21-22-16-9-14-7-8-15(19)10-17(14)18(20-11-16)13-5-3-2-4-6-13;1-11-20-21-16-10-19-17(12-5-3-2-4-6-12)14-9-13(18)7-8-15(14)22(11)16;2*17-13-7-6-12-8-14(19)10-18-16(15(12)9-13)11-4-2-1-3-5-11/h2-8,10H,9,11H2,1H3,(H,21,23);2-9H,10H2,1H3;2*1-7,9H,8,10H2/b22-16+;;;/i7+1,8+1,10+1,14+1,15+1,17+1;7+1,8+1,9+1,13+1,14+1,15+1;2*6+1,7+1,9+1,12+1,13+1,15+1. The van der Waals surface area contributed by atoms with Gasteiger partial charge in [0.15, 0.2) is 11.6 Å². The second kappa shape index (κ2) is 27.1. The molecule has 0 unspecified atom stereocenters. The van der Waals surface area contributed by atoms with E-state index < -0.39 is 0 Å². The van der Waals surface area contributed by atoms with Gasteiger partial charge in [-0.1, -0.05) is 198 Å². The zero-order chi connectivity index (χ0) is 57.8. The van der Waals surface area contributed by atoms with Crippen LogP contribution in [0.15, 0.2) is 219 Å². The highest BCUT2D eigenvalue weighted by molar-refractivity contribution is 7.80. The zero-order valence-electron chi connectivity index (χ0n) is 45.2. The summed E-state index contributed by atoms with van der Waals surface area (Å²) in [6.45, 7) is 5.16. The van der Waals surface area contributed by atoms with E-state index in [-0.39, 0.29) is 18.2 Å². The van der Waals surface area contributed by atoms with Crippen LogP contribution < -0.4 is 5.43 Å². The first-order valence-electron chi connectivity index (χ1n) is 26.7. The number of rotatable bonds is 5. The van der Waals surface area contributed by atoms with E-state index in [0.29, 0.717) is 47.5 Å². The summed E-state index contributed by atoms with van der Waals surface area (Å²) in [7, 11) is 0. The number of hydrogen-bond donors (Lipinski definition) is 1. The summed E-state index contributed by atoms with van der Waals surface area (Å²) in [6.07, 6.45) is 1.85. The minimum atomic E-state index is -0.190. The summed E-state index contributed by atoms with van der Waals surface area (Å²) < 4.78 is 2.05. The van der Waals surface area contributed by atoms with E-state index in [1.807, 2.05) is 181 Å². The van der Waals surface area contributed by atoms with Crippen LogP contribution in [0.1, 0.15) is 79.8 Å². The number of nitrogens with one attached hydrogen (secondary N) is 1. The third-order valence-corrected chi connectivity index (χ3v) is 14.9. The van der Waals surface area contributed by atoms with Crippen LogP contribution in [0, 0.1) is 6.92 Å². The topological polar surface area (TPSA) is 139 Å². The highest BCUT2D eigenvalue weighted by Crippen LogP contribution is 2.30. The van der Waals surface area contributed by atoms with Crippen molar-refractivity contribution >= 4 is 104 Å². The lowest BCUT2D eigenvalue weighted by atomic mass is 10.2. The number of ketones is 1. The molecule has 13 rings (SSSR count). The van der Waals surface area contributed by atoms with Gasteiger partial charge in [-0.25, -0.2) is 5.43 Å². The van der Waals surface area contributed by atoms with E-state index in [1.165, 1.54) is 12.5 Å². The van der Waals surface area contributed by atoms with Gasteiger partial charge in [0.2, 0.25) is 5.91 Å². The molecule has 412 valence electrons. The van der Waals surface area contributed by atoms with E-state index >= 15 is 0 Å². The van der Waals surface area contributed by atoms with Crippen LogP contribution in [-0.4, -0.2) is 79.5 Å². The van der Waals surface area contributed by atoms with E-state index in [1.54, 1.807) is 0 Å². The number of thiocarbonyl (C=S) groups is 1. The average Bonchev–Trinajstić information content (AvgIpc) is 4.00. The molecule has 11 nitrogen and oxygen atoms in total. The molecular weight excluding hydrogens is 1160 g/mol. The second-order valence-corrected chi connectivity index (χ2v) is 22.0. The van der Waals surface area contributed by atoms with E-state index in [9.17, 15) is 9.59 Å². The highest BCUT2D eigenvalue weighted by atomic mass is 35.5. The normalized spacial score (nSPS) is 14.5. The fraction of sp³-hybridized carbons (Fsp3) is 0.134. The van der Waals surface area contributed by atoms with Crippen LogP contribution in [0.5, 0.6) is 0 Å². The predicted octanol–water partition coefficient (Wildman–Crippen LogP) is 14.2. The maximum atomic E-state index is 11.8. The number of carbonyl (C=O) groups is 2. The number of amides is 1. The van der Waals surface area contributed by atoms with Crippen molar-refractivity contribution in [2.24, 2.45) is 25.1 Å². The third-order valence-electron chi connectivity index (χ3n) is 13.7. The number of benzene rings is 8. The van der Waals surface area contributed by atoms with Crippen molar-refractivity contribution in [1.82, 2.24) is 20.2 Å². The van der Waals surface area contributed by atoms with Crippen molar-refractivity contribution in [2.45, 2.75) is 39.7 Å². The van der Waals surface area contributed by atoms with Crippen molar-refractivity contribution in [3.8, 4) is 5.69 Å². The van der Waals surface area contributed by atoms with Crippen LogP contribution in [0.4, 0.5) is 0 Å². The van der Waals surface area contributed by atoms with Crippen LogP contribution >= 0.6 is 58.6 Å². The third kappa shape index (κ3) is 14.5. The largest absolute Gasteiger partial charge is 0.297 e. The summed E-state index contributed by atoms with van der Waals surface area (Å²) in [5.74, 6) is 1.63. The lowest BCUT2D eigenvalue weighted by Crippen LogP contribution is -2.18. The number of aryl methyl sites for hydroxylation is 1. The molecule has 9 aromatic rings. The summed E-state index contributed by atoms with van der Waals surface area (Å²) in [4.78, 5) is 42.4. The molecule has 0 atom stereocenters. The fourth-order valence-electron chi connectivity index (χ4n) is 9.90. The number of aliphatic imine (C=N–C) groups is 4. The quantitative estimate of drug-likeness (QED) is 0.135. The van der Waals surface area contributed by atoms with Gasteiger partial charge in [-0.15, -0.1) is 10.2 Å². The number of aromatic nitrogens is 3. The van der Waals surface area contributed by atoms with Crippen molar-refractivity contribution < 1.29 is 9.59 Å². The number of Topliss-reactive ketones (excluding diaryl/α,β-unsaturated/α-hetero) is 1. The Morgan fingerprint density at radius 3 is 1.36 bits per heavy atom. The molecule has 16 heteroatoms. The van der Waals surface area contributed by atoms with Crippen LogP contribution in [0.25, 0.3) is 5.69 Å². The summed E-state index contributed by atoms with van der Waals surface area (Å²) in [6, 6.07) is 63.4. The Bertz CT molecular complexity index is 3930. The van der Waals surface area contributed by atoms with Crippen LogP contribution in [-0.2, 0) is 35.4 Å². The Balaban J connectivity index is 0.000000124. The van der Waals surface area contributed by atoms with Crippen LogP contribution in [0.3, 0.4) is 0 Å². The molecule has 1 N–H and O–H groups in total. The summed E-state index contributed by atoms with van der Waals surface area (Å²) in [5, 5.41) is 15.3. The molecule has 0 saturated carbocycles. The lowest BCUT2D eigenvalue weighted by molar-refractivity contribution is -0.119. The Labute approximate surface area is 507 Å². The van der Waals surface area contributed by atoms with Gasteiger partial charge in [-0.2, -0.15) is 5.10 Å². The molecule has 4 aliphatic rings.